The van der Waals surface area contributed by atoms with Gasteiger partial charge in [0, 0.05) is 10.6 Å². The third-order valence-corrected chi connectivity index (χ3v) is 3.97. The first-order chi connectivity index (χ1) is 10.5. The zero-order chi connectivity index (χ0) is 16.1. The predicted molar refractivity (Wildman–Crippen MR) is 85.4 cm³/mol. The molecule has 116 valence electrons. The van der Waals surface area contributed by atoms with E-state index in [1.807, 2.05) is 19.1 Å². The van der Waals surface area contributed by atoms with E-state index >= 15 is 0 Å². The fourth-order valence-electron chi connectivity index (χ4n) is 1.78. The molecule has 22 heavy (non-hydrogen) atoms. The highest BCUT2D eigenvalue weighted by atomic mass is 32.1. The Hall–Kier alpha value is -2.38. The van der Waals surface area contributed by atoms with Gasteiger partial charge in [0.25, 0.3) is 0 Å². The molecule has 0 saturated carbocycles. The van der Waals surface area contributed by atoms with Crippen LogP contribution in [-0.2, 0) is 11.3 Å². The zero-order valence-electron chi connectivity index (χ0n) is 12.2. The molecule has 6 nitrogen and oxygen atoms in total. The van der Waals surface area contributed by atoms with Crippen LogP contribution < -0.4 is 10.6 Å². The van der Waals surface area contributed by atoms with Gasteiger partial charge in [-0.15, -0.1) is 11.3 Å². The van der Waals surface area contributed by atoms with Crippen LogP contribution in [0.1, 0.15) is 20.1 Å². The number of urea groups is 1. The summed E-state index contributed by atoms with van der Waals surface area (Å²) in [6, 6.07) is 8.39. The maximum Gasteiger partial charge on any atom is 0.350 e. The van der Waals surface area contributed by atoms with Crippen molar-refractivity contribution in [3.63, 3.8) is 0 Å². The minimum atomic E-state index is -0.560. The Morgan fingerprint density at radius 2 is 1.91 bits per heavy atom. The average Bonchev–Trinajstić information content (AvgIpc) is 2.91. The van der Waals surface area contributed by atoms with Crippen molar-refractivity contribution in [2.75, 3.05) is 17.7 Å². The van der Waals surface area contributed by atoms with E-state index in [2.05, 4.69) is 15.4 Å². The summed E-state index contributed by atoms with van der Waals surface area (Å²) in [6.07, 6.45) is 0. The number of amides is 2. The smallest absolute Gasteiger partial charge is 0.350 e. The minimum Gasteiger partial charge on any atom is -0.465 e. The number of anilines is 2. The molecule has 0 spiro atoms. The Morgan fingerprint density at radius 1 is 1.23 bits per heavy atom. The molecule has 0 radical (unpaired) electrons. The second kappa shape index (κ2) is 7.06. The Morgan fingerprint density at radius 3 is 2.50 bits per heavy atom. The number of carbonyl (C=O) groups excluding carboxylic acids is 2. The summed E-state index contributed by atoms with van der Waals surface area (Å²) >= 11 is 1.08. The highest BCUT2D eigenvalue weighted by molar-refractivity contribution is 7.14. The van der Waals surface area contributed by atoms with Crippen molar-refractivity contribution in [2.24, 2.45) is 0 Å². The van der Waals surface area contributed by atoms with Crippen molar-refractivity contribution >= 4 is 34.7 Å². The van der Waals surface area contributed by atoms with Crippen LogP contribution in [0.15, 0.2) is 30.3 Å². The van der Waals surface area contributed by atoms with Crippen molar-refractivity contribution in [3.05, 3.63) is 45.6 Å². The van der Waals surface area contributed by atoms with Crippen LogP contribution in [0.2, 0.25) is 0 Å². The summed E-state index contributed by atoms with van der Waals surface area (Å²) in [5, 5.41) is 14.4. The predicted octanol–water partition coefficient (Wildman–Crippen LogP) is 2.98. The van der Waals surface area contributed by atoms with Crippen LogP contribution in [-0.4, -0.2) is 24.2 Å². The summed E-state index contributed by atoms with van der Waals surface area (Å²) < 4.78 is 4.67. The molecule has 2 aromatic rings. The largest absolute Gasteiger partial charge is 0.465 e. The maximum absolute atomic E-state index is 12.0. The molecule has 1 aromatic carbocycles. The summed E-state index contributed by atoms with van der Waals surface area (Å²) in [7, 11) is 1.26. The van der Waals surface area contributed by atoms with Gasteiger partial charge in [-0.3, -0.25) is 0 Å². The first kappa shape index (κ1) is 16.0. The third-order valence-electron chi connectivity index (χ3n) is 2.87. The molecule has 0 aliphatic heterocycles. The van der Waals surface area contributed by atoms with E-state index in [4.69, 9.17) is 5.11 Å². The van der Waals surface area contributed by atoms with Crippen LogP contribution in [0.4, 0.5) is 16.2 Å². The van der Waals surface area contributed by atoms with Gasteiger partial charge in [-0.1, -0.05) is 17.7 Å². The second-order valence-corrected chi connectivity index (χ2v) is 5.69. The Kier molecular flexibility index (Phi) is 5.13. The van der Waals surface area contributed by atoms with Gasteiger partial charge in [-0.05, 0) is 25.1 Å². The van der Waals surface area contributed by atoms with Gasteiger partial charge in [0.05, 0.1) is 19.4 Å². The Bertz CT molecular complexity index is 679. The van der Waals surface area contributed by atoms with E-state index in [1.54, 1.807) is 18.2 Å². The summed E-state index contributed by atoms with van der Waals surface area (Å²) in [4.78, 5) is 24.5. The molecule has 3 N–H and O–H groups in total. The number of thiophene rings is 1. The van der Waals surface area contributed by atoms with E-state index in [0.29, 0.717) is 16.3 Å². The summed E-state index contributed by atoms with van der Waals surface area (Å²) in [5.74, 6) is -0.560. The normalized spacial score (nSPS) is 10.1. The highest BCUT2D eigenvalue weighted by Crippen LogP contribution is 2.28. The van der Waals surface area contributed by atoms with Crippen molar-refractivity contribution in [1.29, 1.82) is 0 Å². The lowest BCUT2D eigenvalue weighted by atomic mass is 10.2. The van der Waals surface area contributed by atoms with E-state index in [9.17, 15) is 9.59 Å². The quantitative estimate of drug-likeness (QED) is 0.756. The monoisotopic (exact) mass is 320 g/mol. The van der Waals surface area contributed by atoms with Gasteiger partial charge in [0.1, 0.15) is 4.88 Å². The van der Waals surface area contributed by atoms with Gasteiger partial charge in [-0.25, -0.2) is 9.59 Å². The summed E-state index contributed by atoms with van der Waals surface area (Å²) in [5.41, 5.74) is 2.04. The summed E-state index contributed by atoms with van der Waals surface area (Å²) in [6.45, 7) is 1.74. The molecule has 0 unspecified atom stereocenters. The van der Waals surface area contributed by atoms with Gasteiger partial charge in [-0.2, -0.15) is 0 Å². The number of benzene rings is 1. The van der Waals surface area contributed by atoms with Crippen LogP contribution >= 0.6 is 11.3 Å². The van der Waals surface area contributed by atoms with Crippen molar-refractivity contribution in [2.45, 2.75) is 13.5 Å². The zero-order valence-corrected chi connectivity index (χ0v) is 13.0. The molecule has 0 aliphatic rings. The lowest BCUT2D eigenvalue weighted by Crippen LogP contribution is -2.20. The van der Waals surface area contributed by atoms with Gasteiger partial charge in [0.2, 0.25) is 0 Å². The first-order valence-corrected chi connectivity index (χ1v) is 7.31. The molecular formula is C15H16N2O4S. The van der Waals surface area contributed by atoms with E-state index in [1.165, 1.54) is 7.11 Å². The molecule has 0 fully saturated rings. The molecule has 0 bridgehead atoms. The number of carbonyl (C=O) groups is 2. The number of aryl methyl sites for hydroxylation is 1. The van der Waals surface area contributed by atoms with Crippen molar-refractivity contribution < 1.29 is 19.4 Å². The molecular weight excluding hydrogens is 304 g/mol. The molecule has 0 aliphatic carbocycles. The van der Waals surface area contributed by atoms with Gasteiger partial charge in [0.15, 0.2) is 0 Å². The van der Waals surface area contributed by atoms with E-state index < -0.39 is 12.0 Å². The fraction of sp³-hybridized carbons (Fsp3) is 0.200. The number of esters is 1. The fourth-order valence-corrected chi connectivity index (χ4v) is 2.67. The number of aliphatic hydroxyl groups excluding tert-OH is 1. The molecule has 2 amide bonds. The molecule has 0 saturated heterocycles. The highest BCUT2D eigenvalue weighted by Gasteiger charge is 2.18. The maximum atomic E-state index is 12.0. The van der Waals surface area contributed by atoms with Crippen LogP contribution in [0, 0.1) is 6.92 Å². The van der Waals surface area contributed by atoms with Crippen molar-refractivity contribution in [3.8, 4) is 0 Å². The standard InChI is InChI=1S/C15H16N2O4S/c1-9-3-5-10(6-4-9)16-15(20)17-12-7-11(8-18)22-13(12)14(19)21-2/h3-7,18H,8H2,1-2H3,(H2,16,17,20). The number of nitrogens with one attached hydrogen (secondary N) is 2. The molecule has 0 atom stereocenters. The first-order valence-electron chi connectivity index (χ1n) is 6.50. The third kappa shape index (κ3) is 3.84. The van der Waals surface area contributed by atoms with Crippen LogP contribution in [0.5, 0.6) is 0 Å². The lowest BCUT2D eigenvalue weighted by Gasteiger charge is -2.08. The molecule has 1 heterocycles. The second-order valence-electron chi connectivity index (χ2n) is 4.55. The molecule has 2 rings (SSSR count). The van der Waals surface area contributed by atoms with Crippen LogP contribution in [0.3, 0.4) is 0 Å². The van der Waals surface area contributed by atoms with Crippen molar-refractivity contribution in [1.82, 2.24) is 0 Å². The average molecular weight is 320 g/mol. The van der Waals surface area contributed by atoms with Crippen LogP contribution in [0.25, 0.3) is 0 Å². The Labute approximate surface area is 131 Å². The number of ether oxygens (including phenoxy) is 1. The Balaban J connectivity index is 2.12. The number of hydrogen-bond acceptors (Lipinski definition) is 5. The number of hydrogen-bond donors (Lipinski definition) is 3. The van der Waals surface area contributed by atoms with Gasteiger partial charge < -0.3 is 20.5 Å². The lowest BCUT2D eigenvalue weighted by molar-refractivity contribution is 0.0607. The number of aliphatic hydroxyl groups is 1. The molecule has 7 heteroatoms. The number of methoxy groups -OCH3 is 1. The topological polar surface area (TPSA) is 87.7 Å². The van der Waals surface area contributed by atoms with Gasteiger partial charge >= 0.3 is 12.0 Å². The molecule has 1 aromatic heterocycles. The number of rotatable bonds is 4. The van der Waals surface area contributed by atoms with E-state index in [0.717, 1.165) is 16.9 Å². The van der Waals surface area contributed by atoms with E-state index in [-0.39, 0.29) is 11.5 Å². The minimum absolute atomic E-state index is 0.212. The SMILES string of the molecule is COC(=O)c1sc(CO)cc1NC(=O)Nc1ccc(C)cc1.